The van der Waals surface area contributed by atoms with E-state index in [2.05, 4.69) is 50.4 Å². The lowest BCUT2D eigenvalue weighted by atomic mass is 10.0. The molecule has 1 atom stereocenters. The molecule has 0 aromatic heterocycles. The first-order valence-electron chi connectivity index (χ1n) is 7.19. The van der Waals surface area contributed by atoms with Crippen LogP contribution in [0.5, 0.6) is 5.75 Å². The molecule has 0 saturated carbocycles. The fraction of sp³-hybridized carbons (Fsp3) is 0.333. The molecule has 2 nitrogen and oxygen atoms in total. The topological polar surface area (TPSA) is 32.3 Å². The van der Waals surface area contributed by atoms with Crippen molar-refractivity contribution < 1.29 is 5.11 Å². The Balaban J connectivity index is 1.95. The SMILES string of the molecule is CC(Cc1cccc(O)c1)Nc1ccc(C(C)C)cc1. The summed E-state index contributed by atoms with van der Waals surface area (Å²) in [6.45, 7) is 6.56. The van der Waals surface area contributed by atoms with Crippen LogP contribution in [0, 0.1) is 0 Å². The highest BCUT2D eigenvalue weighted by molar-refractivity contribution is 5.46. The van der Waals surface area contributed by atoms with Crippen molar-refractivity contribution in [1.82, 2.24) is 0 Å². The van der Waals surface area contributed by atoms with Gasteiger partial charge in [0.25, 0.3) is 0 Å². The van der Waals surface area contributed by atoms with Gasteiger partial charge in [-0.1, -0.05) is 38.1 Å². The third kappa shape index (κ3) is 4.02. The number of rotatable bonds is 5. The maximum absolute atomic E-state index is 9.48. The van der Waals surface area contributed by atoms with Gasteiger partial charge in [-0.3, -0.25) is 0 Å². The summed E-state index contributed by atoms with van der Waals surface area (Å²) in [6, 6.07) is 16.4. The quantitative estimate of drug-likeness (QED) is 0.834. The molecule has 0 saturated heterocycles. The van der Waals surface area contributed by atoms with Gasteiger partial charge in [0, 0.05) is 11.7 Å². The molecule has 2 N–H and O–H groups in total. The molecule has 0 radical (unpaired) electrons. The van der Waals surface area contributed by atoms with Gasteiger partial charge in [0.1, 0.15) is 5.75 Å². The Labute approximate surface area is 121 Å². The van der Waals surface area contributed by atoms with Gasteiger partial charge in [0.05, 0.1) is 0 Å². The summed E-state index contributed by atoms with van der Waals surface area (Å²) in [4.78, 5) is 0. The maximum atomic E-state index is 9.48. The number of hydrogen-bond acceptors (Lipinski definition) is 2. The highest BCUT2D eigenvalue weighted by atomic mass is 16.3. The highest BCUT2D eigenvalue weighted by Gasteiger charge is 2.05. The van der Waals surface area contributed by atoms with Crippen LogP contribution < -0.4 is 5.32 Å². The van der Waals surface area contributed by atoms with E-state index in [1.165, 1.54) is 5.56 Å². The minimum absolute atomic E-state index is 0.321. The van der Waals surface area contributed by atoms with Crippen molar-refractivity contribution in [3.8, 4) is 5.75 Å². The molecule has 0 heterocycles. The largest absolute Gasteiger partial charge is 0.508 e. The number of phenolic OH excluding ortho intramolecular Hbond substituents is 1. The smallest absolute Gasteiger partial charge is 0.115 e. The first kappa shape index (κ1) is 14.4. The second kappa shape index (κ2) is 6.47. The van der Waals surface area contributed by atoms with E-state index in [1.54, 1.807) is 6.07 Å². The number of aromatic hydroxyl groups is 1. The minimum Gasteiger partial charge on any atom is -0.508 e. The van der Waals surface area contributed by atoms with Crippen LogP contribution >= 0.6 is 0 Å². The molecule has 0 amide bonds. The van der Waals surface area contributed by atoms with Gasteiger partial charge in [-0.25, -0.2) is 0 Å². The summed E-state index contributed by atoms with van der Waals surface area (Å²) in [6.07, 6.45) is 0.889. The fourth-order valence-electron chi connectivity index (χ4n) is 2.34. The van der Waals surface area contributed by atoms with Crippen molar-refractivity contribution in [2.24, 2.45) is 0 Å². The molecule has 0 aliphatic carbocycles. The Morgan fingerprint density at radius 2 is 1.70 bits per heavy atom. The molecule has 2 aromatic carbocycles. The Bertz CT molecular complexity index is 546. The van der Waals surface area contributed by atoms with E-state index >= 15 is 0 Å². The first-order chi connectivity index (χ1) is 9.54. The van der Waals surface area contributed by atoms with Crippen LogP contribution in [0.25, 0.3) is 0 Å². The predicted octanol–water partition coefficient (Wildman–Crippen LogP) is 4.56. The summed E-state index contributed by atoms with van der Waals surface area (Å²) < 4.78 is 0. The van der Waals surface area contributed by atoms with Gasteiger partial charge in [0.2, 0.25) is 0 Å². The second-order valence-electron chi connectivity index (χ2n) is 5.70. The minimum atomic E-state index is 0.321. The van der Waals surface area contributed by atoms with Crippen LogP contribution in [0.4, 0.5) is 5.69 Å². The van der Waals surface area contributed by atoms with Crippen LogP contribution in [0.2, 0.25) is 0 Å². The molecule has 0 aliphatic heterocycles. The van der Waals surface area contributed by atoms with E-state index in [1.807, 2.05) is 18.2 Å². The average Bonchev–Trinajstić information content (AvgIpc) is 2.39. The number of phenols is 1. The van der Waals surface area contributed by atoms with E-state index in [4.69, 9.17) is 0 Å². The zero-order chi connectivity index (χ0) is 14.5. The zero-order valence-corrected chi connectivity index (χ0v) is 12.4. The monoisotopic (exact) mass is 269 g/mol. The van der Waals surface area contributed by atoms with Crippen molar-refractivity contribution >= 4 is 5.69 Å². The van der Waals surface area contributed by atoms with E-state index in [-0.39, 0.29) is 0 Å². The van der Waals surface area contributed by atoms with Gasteiger partial charge in [-0.15, -0.1) is 0 Å². The van der Waals surface area contributed by atoms with Crippen LogP contribution in [0.1, 0.15) is 37.8 Å². The van der Waals surface area contributed by atoms with Crippen molar-refractivity contribution in [2.45, 2.75) is 39.2 Å². The van der Waals surface area contributed by atoms with Crippen LogP contribution in [0.3, 0.4) is 0 Å². The van der Waals surface area contributed by atoms with Crippen molar-refractivity contribution in [3.63, 3.8) is 0 Å². The molecule has 2 heteroatoms. The van der Waals surface area contributed by atoms with Crippen molar-refractivity contribution in [1.29, 1.82) is 0 Å². The summed E-state index contributed by atoms with van der Waals surface area (Å²) in [7, 11) is 0. The Morgan fingerprint density at radius 1 is 1.00 bits per heavy atom. The Hall–Kier alpha value is -1.96. The number of benzene rings is 2. The Morgan fingerprint density at radius 3 is 2.30 bits per heavy atom. The van der Waals surface area contributed by atoms with Crippen molar-refractivity contribution in [3.05, 3.63) is 59.7 Å². The van der Waals surface area contributed by atoms with Crippen LogP contribution in [-0.4, -0.2) is 11.1 Å². The van der Waals surface area contributed by atoms with Gasteiger partial charge in [-0.2, -0.15) is 0 Å². The lowest BCUT2D eigenvalue weighted by molar-refractivity contribution is 0.474. The standard InChI is InChI=1S/C18H23NO/c1-13(2)16-7-9-17(10-8-16)19-14(3)11-15-5-4-6-18(20)12-15/h4-10,12-14,19-20H,11H2,1-3H3. The zero-order valence-electron chi connectivity index (χ0n) is 12.4. The molecule has 2 rings (SSSR count). The molecular formula is C18H23NO. The van der Waals surface area contributed by atoms with Crippen molar-refractivity contribution in [2.75, 3.05) is 5.32 Å². The lowest BCUT2D eigenvalue weighted by Gasteiger charge is -2.16. The van der Waals surface area contributed by atoms with E-state index in [0.717, 1.165) is 17.7 Å². The van der Waals surface area contributed by atoms with E-state index < -0.39 is 0 Å². The molecule has 0 aliphatic rings. The van der Waals surface area contributed by atoms with Gasteiger partial charge in [0.15, 0.2) is 0 Å². The molecule has 0 bridgehead atoms. The van der Waals surface area contributed by atoms with Crippen LogP contribution in [0.15, 0.2) is 48.5 Å². The third-order valence-electron chi connectivity index (χ3n) is 3.44. The summed E-state index contributed by atoms with van der Waals surface area (Å²) in [5.74, 6) is 0.893. The molecule has 2 aromatic rings. The molecule has 0 spiro atoms. The predicted molar refractivity (Wildman–Crippen MR) is 85.4 cm³/mol. The third-order valence-corrected chi connectivity index (χ3v) is 3.44. The van der Waals surface area contributed by atoms with Gasteiger partial charge < -0.3 is 10.4 Å². The van der Waals surface area contributed by atoms with Gasteiger partial charge >= 0.3 is 0 Å². The molecule has 20 heavy (non-hydrogen) atoms. The number of anilines is 1. The van der Waals surface area contributed by atoms with E-state index in [9.17, 15) is 5.11 Å². The number of nitrogens with one attached hydrogen (secondary N) is 1. The van der Waals surface area contributed by atoms with Crippen LogP contribution in [-0.2, 0) is 6.42 Å². The molecule has 0 fully saturated rings. The molecule has 106 valence electrons. The lowest BCUT2D eigenvalue weighted by Crippen LogP contribution is -2.17. The fourth-order valence-corrected chi connectivity index (χ4v) is 2.34. The molecular weight excluding hydrogens is 246 g/mol. The first-order valence-corrected chi connectivity index (χ1v) is 7.19. The second-order valence-corrected chi connectivity index (χ2v) is 5.70. The normalized spacial score (nSPS) is 12.4. The Kier molecular flexibility index (Phi) is 4.67. The summed E-state index contributed by atoms with van der Waals surface area (Å²) in [5.41, 5.74) is 3.64. The maximum Gasteiger partial charge on any atom is 0.115 e. The molecule has 1 unspecified atom stereocenters. The highest BCUT2D eigenvalue weighted by Crippen LogP contribution is 2.19. The van der Waals surface area contributed by atoms with E-state index in [0.29, 0.717) is 17.7 Å². The van der Waals surface area contributed by atoms with Gasteiger partial charge in [-0.05, 0) is 54.7 Å². The average molecular weight is 269 g/mol. The summed E-state index contributed by atoms with van der Waals surface area (Å²) in [5, 5.41) is 13.0. The summed E-state index contributed by atoms with van der Waals surface area (Å²) >= 11 is 0. The number of hydrogen-bond donors (Lipinski definition) is 2.